The van der Waals surface area contributed by atoms with Gasteiger partial charge in [0.25, 0.3) is 0 Å². The second-order valence-corrected chi connectivity index (χ2v) is 14.3. The number of hydrogen-bond donors (Lipinski definition) is 0. The first-order chi connectivity index (χ1) is 25.8. The lowest BCUT2D eigenvalue weighted by Crippen LogP contribution is -1.95. The van der Waals surface area contributed by atoms with Crippen LogP contribution in [-0.2, 0) is 0 Å². The molecule has 0 fully saturated rings. The summed E-state index contributed by atoms with van der Waals surface area (Å²) in [5.41, 5.74) is 10.1. The van der Waals surface area contributed by atoms with E-state index < -0.39 is 0 Å². The number of benzene rings is 8. The molecule has 0 amide bonds. The number of rotatable bonds is 4. The molecule has 4 heteroatoms. The van der Waals surface area contributed by atoms with Crippen LogP contribution in [0, 0.1) is 0 Å². The van der Waals surface area contributed by atoms with Crippen molar-refractivity contribution in [2.75, 3.05) is 0 Å². The van der Waals surface area contributed by atoms with Gasteiger partial charge in [-0.15, -0.1) is 11.3 Å². The van der Waals surface area contributed by atoms with E-state index in [2.05, 4.69) is 164 Å². The van der Waals surface area contributed by atoms with Gasteiger partial charge < -0.3 is 4.42 Å². The molecule has 0 unspecified atom stereocenters. The maximum atomic E-state index is 6.83. The van der Waals surface area contributed by atoms with E-state index in [1.165, 1.54) is 31.8 Å². The van der Waals surface area contributed by atoms with Gasteiger partial charge in [-0.05, 0) is 74.6 Å². The molecule has 0 aliphatic heterocycles. The van der Waals surface area contributed by atoms with Crippen LogP contribution in [0.25, 0.3) is 109 Å². The summed E-state index contributed by atoms with van der Waals surface area (Å²) in [5.74, 6) is 0.683. The fraction of sp³-hybridized carbons (Fsp3) is 0. The predicted molar refractivity (Wildman–Crippen MR) is 219 cm³/mol. The van der Waals surface area contributed by atoms with Crippen molar-refractivity contribution in [1.82, 2.24) is 9.97 Å². The molecule has 0 aliphatic rings. The minimum absolute atomic E-state index is 0.683. The van der Waals surface area contributed by atoms with E-state index in [0.717, 1.165) is 71.1 Å². The second kappa shape index (κ2) is 11.5. The van der Waals surface area contributed by atoms with Crippen LogP contribution in [0.5, 0.6) is 0 Å². The molecule has 11 rings (SSSR count). The number of thiophene rings is 1. The maximum Gasteiger partial charge on any atom is 0.161 e. The molecule has 11 aromatic rings. The lowest BCUT2D eigenvalue weighted by atomic mass is 9.91. The quantitative estimate of drug-likeness (QED) is 0.174. The van der Waals surface area contributed by atoms with Crippen molar-refractivity contribution < 1.29 is 4.42 Å². The Balaban J connectivity index is 1.21. The van der Waals surface area contributed by atoms with E-state index in [0.29, 0.717) is 5.82 Å². The molecule has 0 atom stereocenters. The molecule has 0 N–H and O–H groups in total. The van der Waals surface area contributed by atoms with Crippen molar-refractivity contribution >= 4 is 75.1 Å². The van der Waals surface area contributed by atoms with Gasteiger partial charge in [0.15, 0.2) is 5.82 Å². The lowest BCUT2D eigenvalue weighted by molar-refractivity contribution is 0.670. The highest BCUT2D eigenvalue weighted by atomic mass is 32.1. The highest BCUT2D eigenvalue weighted by Gasteiger charge is 2.23. The largest absolute Gasteiger partial charge is 0.455 e. The second-order valence-electron chi connectivity index (χ2n) is 13.3. The molecule has 0 saturated carbocycles. The summed E-state index contributed by atoms with van der Waals surface area (Å²) in [5, 5.41) is 8.07. The van der Waals surface area contributed by atoms with Crippen LogP contribution in [-0.4, -0.2) is 9.97 Å². The van der Waals surface area contributed by atoms with Crippen molar-refractivity contribution in [3.63, 3.8) is 0 Å². The summed E-state index contributed by atoms with van der Waals surface area (Å²) in [7, 11) is 0. The average Bonchev–Trinajstić information content (AvgIpc) is 3.80. The van der Waals surface area contributed by atoms with Gasteiger partial charge >= 0.3 is 0 Å². The van der Waals surface area contributed by atoms with Crippen LogP contribution in [0.3, 0.4) is 0 Å². The van der Waals surface area contributed by atoms with Crippen LogP contribution in [0.1, 0.15) is 0 Å². The number of para-hydroxylation sites is 1. The van der Waals surface area contributed by atoms with Crippen molar-refractivity contribution in [2.45, 2.75) is 0 Å². The molecule has 0 spiro atoms. The molecule has 8 aromatic carbocycles. The summed E-state index contributed by atoms with van der Waals surface area (Å²) in [6.45, 7) is 0. The Morgan fingerprint density at radius 1 is 0.442 bits per heavy atom. The lowest BCUT2D eigenvalue weighted by Gasteiger charge is -2.13. The molecule has 0 aliphatic carbocycles. The molecule has 0 saturated heterocycles. The van der Waals surface area contributed by atoms with E-state index in [9.17, 15) is 0 Å². The molecule has 3 aromatic heterocycles. The smallest absolute Gasteiger partial charge is 0.161 e. The monoisotopic (exact) mass is 680 g/mol. The third kappa shape index (κ3) is 4.45. The van der Waals surface area contributed by atoms with Crippen molar-refractivity contribution in [3.8, 4) is 44.9 Å². The third-order valence-electron chi connectivity index (χ3n) is 10.3. The van der Waals surface area contributed by atoms with Gasteiger partial charge in [-0.1, -0.05) is 133 Å². The first-order valence-electron chi connectivity index (χ1n) is 17.5. The summed E-state index contributed by atoms with van der Waals surface area (Å²) in [4.78, 5) is 10.8. The van der Waals surface area contributed by atoms with Crippen LogP contribution < -0.4 is 0 Å². The normalized spacial score (nSPS) is 11.8. The highest BCUT2D eigenvalue weighted by molar-refractivity contribution is 7.26. The Hall–Kier alpha value is -6.62. The van der Waals surface area contributed by atoms with Gasteiger partial charge in [-0.2, -0.15) is 0 Å². The number of nitrogens with zero attached hydrogens (tertiary/aromatic N) is 2. The minimum Gasteiger partial charge on any atom is -0.455 e. The summed E-state index contributed by atoms with van der Waals surface area (Å²) < 4.78 is 9.11. The minimum atomic E-state index is 0.683. The fourth-order valence-electron chi connectivity index (χ4n) is 7.89. The van der Waals surface area contributed by atoms with E-state index >= 15 is 0 Å². The van der Waals surface area contributed by atoms with Crippen LogP contribution >= 0.6 is 11.3 Å². The van der Waals surface area contributed by atoms with Crippen LogP contribution in [0.15, 0.2) is 174 Å². The molecule has 0 bridgehead atoms. The number of fused-ring (bicyclic) bond motifs is 9. The first-order valence-corrected chi connectivity index (χ1v) is 18.3. The van der Waals surface area contributed by atoms with Crippen LogP contribution in [0.4, 0.5) is 0 Å². The zero-order chi connectivity index (χ0) is 34.2. The van der Waals surface area contributed by atoms with E-state index in [1.54, 1.807) is 11.3 Å². The summed E-state index contributed by atoms with van der Waals surface area (Å²) in [6.07, 6.45) is 0. The third-order valence-corrected chi connectivity index (χ3v) is 11.5. The van der Waals surface area contributed by atoms with Crippen LogP contribution in [0.2, 0.25) is 0 Å². The average molecular weight is 681 g/mol. The Kier molecular flexibility index (Phi) is 6.42. The van der Waals surface area contributed by atoms with Gasteiger partial charge in [-0.25, -0.2) is 9.97 Å². The van der Waals surface area contributed by atoms with Gasteiger partial charge in [0.1, 0.15) is 11.2 Å². The van der Waals surface area contributed by atoms with Gasteiger partial charge in [0.2, 0.25) is 0 Å². The molecule has 3 heterocycles. The Labute approximate surface area is 303 Å². The van der Waals surface area contributed by atoms with E-state index in [-0.39, 0.29) is 0 Å². The topological polar surface area (TPSA) is 38.9 Å². The fourth-order valence-corrected chi connectivity index (χ4v) is 9.04. The predicted octanol–water partition coefficient (Wildman–Crippen LogP) is 13.7. The Bertz CT molecular complexity index is 3190. The Morgan fingerprint density at radius 2 is 1.12 bits per heavy atom. The summed E-state index contributed by atoms with van der Waals surface area (Å²) >= 11 is 1.75. The first kappa shape index (κ1) is 29.1. The highest BCUT2D eigenvalue weighted by Crippen LogP contribution is 2.46. The number of furan rings is 1. The number of aromatic nitrogens is 2. The molecular formula is C48H28N2OS. The zero-order valence-corrected chi connectivity index (χ0v) is 28.7. The molecular weight excluding hydrogens is 653 g/mol. The van der Waals surface area contributed by atoms with Crippen molar-refractivity contribution in [2.24, 2.45) is 0 Å². The number of hydrogen-bond acceptors (Lipinski definition) is 4. The van der Waals surface area contributed by atoms with Crippen molar-refractivity contribution in [3.05, 3.63) is 170 Å². The SMILES string of the molecule is c1ccc(-c2cccc(-c3nc(-c4ccc(-c5cc6ccccc6c6ccccc56)c5oc6ccccc6c45)nc4c3sc3ccccc34)c2)cc1. The molecule has 0 radical (unpaired) electrons. The van der Waals surface area contributed by atoms with Gasteiger partial charge in [-0.3, -0.25) is 0 Å². The van der Waals surface area contributed by atoms with Crippen molar-refractivity contribution in [1.29, 1.82) is 0 Å². The molecule has 242 valence electrons. The zero-order valence-electron chi connectivity index (χ0n) is 27.9. The summed E-state index contributed by atoms with van der Waals surface area (Å²) in [6, 6.07) is 60.1. The van der Waals surface area contributed by atoms with Gasteiger partial charge in [0, 0.05) is 37.5 Å². The van der Waals surface area contributed by atoms with Gasteiger partial charge in [0.05, 0.1) is 15.9 Å². The Morgan fingerprint density at radius 3 is 2.00 bits per heavy atom. The molecule has 52 heavy (non-hydrogen) atoms. The maximum absolute atomic E-state index is 6.83. The van der Waals surface area contributed by atoms with E-state index in [1.807, 2.05) is 6.07 Å². The standard InChI is InChI=1S/C48H28N2OS/c1-2-13-29(14-3-1)30-16-12-17-32(27-30)44-47-45(38-22-9-11-24-42(38)52-47)50-48(49-44)39-26-25-36(46-43(39)37-21-8-10-23-41(37)51-46)40-28-31-15-4-5-18-33(31)34-19-6-7-20-35(34)40/h1-28H. The van der Waals surface area contributed by atoms with E-state index in [4.69, 9.17) is 14.4 Å². The molecule has 3 nitrogen and oxygen atoms in total.